The van der Waals surface area contributed by atoms with E-state index in [9.17, 15) is 0 Å². The molecule has 0 bridgehead atoms. The van der Waals surface area contributed by atoms with Gasteiger partial charge in [-0.1, -0.05) is 5.10 Å². The third-order valence-corrected chi connectivity index (χ3v) is 2.64. The van der Waals surface area contributed by atoms with E-state index in [-0.39, 0.29) is 0 Å². The van der Waals surface area contributed by atoms with Crippen LogP contribution in [0.3, 0.4) is 0 Å². The van der Waals surface area contributed by atoms with Gasteiger partial charge in [-0.25, -0.2) is 4.68 Å². The highest BCUT2D eigenvalue weighted by molar-refractivity contribution is 5.20. The molecule has 1 atom stereocenters. The van der Waals surface area contributed by atoms with Crippen molar-refractivity contribution in [3.63, 3.8) is 0 Å². The van der Waals surface area contributed by atoms with Crippen LogP contribution in [-0.2, 0) is 11.8 Å². The van der Waals surface area contributed by atoms with Crippen molar-refractivity contribution in [3.8, 4) is 0 Å². The summed E-state index contributed by atoms with van der Waals surface area (Å²) in [5, 5.41) is 14.3. The van der Waals surface area contributed by atoms with Crippen molar-refractivity contribution in [3.05, 3.63) is 0 Å². The Labute approximate surface area is 89.0 Å². The van der Waals surface area contributed by atoms with Crippen LogP contribution < -0.4 is 5.32 Å². The maximum Gasteiger partial charge on any atom is 0.242 e. The normalized spacial score (nSPS) is 21.5. The molecule has 0 aromatic carbocycles. The van der Waals surface area contributed by atoms with E-state index in [0.29, 0.717) is 12.1 Å². The third kappa shape index (κ3) is 2.89. The van der Waals surface area contributed by atoms with Crippen LogP contribution in [0.1, 0.15) is 25.7 Å². The van der Waals surface area contributed by atoms with Gasteiger partial charge in [0.2, 0.25) is 5.95 Å². The Morgan fingerprint density at radius 1 is 1.53 bits per heavy atom. The minimum absolute atomic E-state index is 0.410. The summed E-state index contributed by atoms with van der Waals surface area (Å²) in [6.45, 7) is 1.77. The van der Waals surface area contributed by atoms with Crippen molar-refractivity contribution >= 4 is 5.95 Å². The number of hydrogen-bond donors (Lipinski definition) is 1. The van der Waals surface area contributed by atoms with Crippen LogP contribution in [0.2, 0.25) is 0 Å². The minimum atomic E-state index is 0.410. The average Bonchev–Trinajstić information content (AvgIpc) is 2.66. The zero-order valence-electron chi connectivity index (χ0n) is 9.02. The van der Waals surface area contributed by atoms with Gasteiger partial charge in [0.25, 0.3) is 0 Å². The van der Waals surface area contributed by atoms with E-state index in [2.05, 4.69) is 20.8 Å². The van der Waals surface area contributed by atoms with Gasteiger partial charge in [0.15, 0.2) is 0 Å². The van der Waals surface area contributed by atoms with Crippen molar-refractivity contribution in [1.29, 1.82) is 0 Å². The molecule has 1 aromatic rings. The van der Waals surface area contributed by atoms with E-state index in [4.69, 9.17) is 4.74 Å². The van der Waals surface area contributed by atoms with E-state index in [1.54, 1.807) is 4.68 Å². The number of anilines is 1. The first kappa shape index (κ1) is 10.4. The second-order valence-corrected chi connectivity index (χ2v) is 3.83. The molecule has 0 aliphatic carbocycles. The Bertz CT molecular complexity index is 294. The lowest BCUT2D eigenvalue weighted by molar-refractivity contribution is 0.0134. The van der Waals surface area contributed by atoms with Gasteiger partial charge in [0, 0.05) is 20.2 Å². The van der Waals surface area contributed by atoms with Crippen LogP contribution in [0.5, 0.6) is 0 Å². The number of ether oxygens (including phenoxy) is 1. The summed E-state index contributed by atoms with van der Waals surface area (Å²) in [5.74, 6) is 0.714. The molecule has 6 nitrogen and oxygen atoms in total. The molecular formula is C9H17N5O. The Morgan fingerprint density at radius 2 is 2.47 bits per heavy atom. The molecule has 1 aliphatic rings. The number of nitrogens with zero attached hydrogens (tertiary/aromatic N) is 4. The van der Waals surface area contributed by atoms with Crippen molar-refractivity contribution in [1.82, 2.24) is 20.2 Å². The van der Waals surface area contributed by atoms with E-state index < -0.39 is 0 Å². The lowest BCUT2D eigenvalue weighted by Gasteiger charge is -2.22. The molecular weight excluding hydrogens is 194 g/mol. The zero-order valence-corrected chi connectivity index (χ0v) is 9.02. The van der Waals surface area contributed by atoms with Gasteiger partial charge in [-0.15, -0.1) is 0 Å². The summed E-state index contributed by atoms with van der Waals surface area (Å²) in [5.41, 5.74) is 0. The van der Waals surface area contributed by atoms with Crippen molar-refractivity contribution in [2.24, 2.45) is 7.05 Å². The molecule has 0 radical (unpaired) electrons. The van der Waals surface area contributed by atoms with Crippen LogP contribution in [0.25, 0.3) is 0 Å². The Kier molecular flexibility index (Phi) is 3.49. The molecule has 0 saturated carbocycles. The van der Waals surface area contributed by atoms with Crippen LogP contribution in [0.4, 0.5) is 5.95 Å². The maximum absolute atomic E-state index is 5.63. The second-order valence-electron chi connectivity index (χ2n) is 3.83. The standard InChI is InChI=1S/C9H17N5O/c1-14-9(11-12-13-14)10-6-5-8-4-2-3-7-15-8/h8H,2-7H2,1H3,(H,10,11,13). The molecule has 2 heterocycles. The van der Waals surface area contributed by atoms with Gasteiger partial charge in [-0.2, -0.15) is 0 Å². The summed E-state index contributed by atoms with van der Waals surface area (Å²) in [4.78, 5) is 0. The lowest BCUT2D eigenvalue weighted by Crippen LogP contribution is -2.22. The molecule has 1 saturated heterocycles. The topological polar surface area (TPSA) is 64.9 Å². The summed E-state index contributed by atoms with van der Waals surface area (Å²) < 4.78 is 7.26. The number of nitrogens with one attached hydrogen (secondary N) is 1. The highest BCUT2D eigenvalue weighted by atomic mass is 16.5. The van der Waals surface area contributed by atoms with Crippen molar-refractivity contribution < 1.29 is 4.74 Å². The zero-order chi connectivity index (χ0) is 10.5. The fraction of sp³-hybridized carbons (Fsp3) is 0.889. The third-order valence-electron chi connectivity index (χ3n) is 2.64. The van der Waals surface area contributed by atoms with Gasteiger partial charge in [0.1, 0.15) is 0 Å². The number of tetrazole rings is 1. The first-order valence-corrected chi connectivity index (χ1v) is 5.44. The quantitative estimate of drug-likeness (QED) is 0.789. The number of hydrogen-bond acceptors (Lipinski definition) is 5. The molecule has 2 rings (SSSR count). The molecule has 1 unspecified atom stereocenters. The van der Waals surface area contributed by atoms with E-state index in [1.165, 1.54) is 19.3 Å². The molecule has 15 heavy (non-hydrogen) atoms. The average molecular weight is 211 g/mol. The Balaban J connectivity index is 1.68. The van der Waals surface area contributed by atoms with Crippen LogP contribution in [-0.4, -0.2) is 39.5 Å². The van der Waals surface area contributed by atoms with Crippen LogP contribution >= 0.6 is 0 Å². The van der Waals surface area contributed by atoms with Gasteiger partial charge in [-0.3, -0.25) is 0 Å². The van der Waals surface area contributed by atoms with E-state index in [1.807, 2.05) is 7.05 Å². The van der Waals surface area contributed by atoms with E-state index >= 15 is 0 Å². The number of aryl methyl sites for hydroxylation is 1. The molecule has 0 spiro atoms. The van der Waals surface area contributed by atoms with Gasteiger partial charge in [-0.05, 0) is 36.1 Å². The Morgan fingerprint density at radius 3 is 3.13 bits per heavy atom. The molecule has 1 N–H and O–H groups in total. The largest absolute Gasteiger partial charge is 0.378 e. The fourth-order valence-electron chi connectivity index (χ4n) is 1.76. The molecule has 6 heteroatoms. The first-order valence-electron chi connectivity index (χ1n) is 5.44. The van der Waals surface area contributed by atoms with Crippen molar-refractivity contribution in [2.45, 2.75) is 31.8 Å². The highest BCUT2D eigenvalue weighted by Gasteiger charge is 2.13. The van der Waals surface area contributed by atoms with Gasteiger partial charge < -0.3 is 10.1 Å². The monoisotopic (exact) mass is 211 g/mol. The summed E-state index contributed by atoms with van der Waals surface area (Å²) in [6.07, 6.45) is 5.10. The van der Waals surface area contributed by atoms with Crippen LogP contribution in [0, 0.1) is 0 Å². The van der Waals surface area contributed by atoms with Crippen LogP contribution in [0.15, 0.2) is 0 Å². The molecule has 84 valence electrons. The lowest BCUT2D eigenvalue weighted by atomic mass is 10.1. The van der Waals surface area contributed by atoms with E-state index in [0.717, 1.165) is 19.6 Å². The molecule has 0 amide bonds. The van der Waals surface area contributed by atoms with Crippen molar-refractivity contribution in [2.75, 3.05) is 18.5 Å². The highest BCUT2D eigenvalue weighted by Crippen LogP contribution is 2.15. The number of rotatable bonds is 4. The molecule has 1 fully saturated rings. The SMILES string of the molecule is Cn1nnnc1NCCC1CCCCO1. The second kappa shape index (κ2) is 5.06. The predicted octanol–water partition coefficient (Wildman–Crippen LogP) is 0.581. The minimum Gasteiger partial charge on any atom is -0.378 e. The van der Waals surface area contributed by atoms with Gasteiger partial charge >= 0.3 is 0 Å². The summed E-state index contributed by atoms with van der Waals surface area (Å²) >= 11 is 0. The summed E-state index contributed by atoms with van der Waals surface area (Å²) in [7, 11) is 1.82. The van der Waals surface area contributed by atoms with Gasteiger partial charge in [0.05, 0.1) is 6.10 Å². The fourth-order valence-corrected chi connectivity index (χ4v) is 1.76. The molecule has 1 aliphatic heterocycles. The maximum atomic E-state index is 5.63. The summed E-state index contributed by atoms with van der Waals surface area (Å²) in [6, 6.07) is 0. The Hall–Kier alpha value is -1.17. The number of aromatic nitrogens is 4. The molecule has 1 aromatic heterocycles. The first-order chi connectivity index (χ1) is 7.36. The predicted molar refractivity (Wildman–Crippen MR) is 55.5 cm³/mol. The smallest absolute Gasteiger partial charge is 0.242 e.